The summed E-state index contributed by atoms with van der Waals surface area (Å²) in [6.45, 7) is 0.781. The van der Waals surface area contributed by atoms with Gasteiger partial charge in [-0.15, -0.1) is 0 Å². The predicted octanol–water partition coefficient (Wildman–Crippen LogP) is -2.82. The Hall–Kier alpha value is -0.610. The van der Waals surface area contributed by atoms with E-state index in [1.54, 1.807) is 7.05 Å². The molecule has 1 rings (SSSR count). The van der Waals surface area contributed by atoms with Crippen molar-refractivity contribution in [3.8, 4) is 0 Å². The van der Waals surface area contributed by atoms with Crippen molar-refractivity contribution in [2.45, 2.75) is 24.6 Å². The zero-order valence-corrected chi connectivity index (χ0v) is 11.5. The van der Waals surface area contributed by atoms with Crippen LogP contribution in [0.1, 0.15) is 0 Å². The minimum atomic E-state index is -1.28. The highest BCUT2D eigenvalue weighted by molar-refractivity contribution is 5.56. The van der Waals surface area contributed by atoms with Crippen LogP contribution in [-0.4, -0.2) is 96.2 Å². The molecule has 0 aromatic carbocycles. The summed E-state index contributed by atoms with van der Waals surface area (Å²) < 4.78 is 10.6. The lowest BCUT2D eigenvalue weighted by Gasteiger charge is -2.39. The number of nitrogens with zero attached hydrogens (tertiary/aromatic N) is 1. The first-order valence-electron chi connectivity index (χ1n) is 6.53. The maximum atomic E-state index is 10.9. The maximum absolute atomic E-state index is 10.9. The smallest absolute Gasteiger partial charge is 0.184 e. The Labute approximate surface area is 117 Å². The van der Waals surface area contributed by atoms with Gasteiger partial charge in [0, 0.05) is 13.1 Å². The number of likely N-dealkylation sites (N-methyl/N-ethyl adjacent to an activating group) is 1. The summed E-state index contributed by atoms with van der Waals surface area (Å²) in [5.41, 5.74) is 0. The zero-order chi connectivity index (χ0) is 15.1. The second-order valence-electron chi connectivity index (χ2n) is 4.82. The summed E-state index contributed by atoms with van der Waals surface area (Å²) in [6.07, 6.45) is -4.14. The third-order valence-electron chi connectivity index (χ3n) is 3.33. The van der Waals surface area contributed by atoms with E-state index in [-0.39, 0.29) is 13.2 Å². The van der Waals surface area contributed by atoms with Crippen LogP contribution in [0.4, 0.5) is 0 Å². The van der Waals surface area contributed by atoms with Crippen LogP contribution in [0.2, 0.25) is 0 Å². The minimum absolute atomic E-state index is 0.0328. The number of rotatable bonds is 8. The first-order chi connectivity index (χ1) is 9.54. The molecule has 8 heteroatoms. The molecule has 1 aliphatic heterocycles. The van der Waals surface area contributed by atoms with Gasteiger partial charge in [0.05, 0.1) is 31.8 Å². The van der Waals surface area contributed by atoms with Crippen LogP contribution in [0.5, 0.6) is 0 Å². The predicted molar refractivity (Wildman–Crippen MR) is 67.8 cm³/mol. The summed E-state index contributed by atoms with van der Waals surface area (Å²) in [6, 6.07) is 0. The Morgan fingerprint density at radius 1 is 1.25 bits per heavy atom. The van der Waals surface area contributed by atoms with Crippen molar-refractivity contribution < 1.29 is 34.7 Å². The highest BCUT2D eigenvalue weighted by atomic mass is 16.7. The van der Waals surface area contributed by atoms with Gasteiger partial charge < -0.3 is 39.6 Å². The number of carbonyl (C=O) groups excluding carboxylic acids is 1. The first kappa shape index (κ1) is 17.4. The van der Waals surface area contributed by atoms with Crippen molar-refractivity contribution in [1.82, 2.24) is 4.90 Å². The molecule has 20 heavy (non-hydrogen) atoms. The molecular formula is C12H23NO7. The molecule has 0 amide bonds. The average Bonchev–Trinajstić information content (AvgIpc) is 2.42. The second-order valence-corrected chi connectivity index (χ2v) is 4.82. The number of carbonyl (C=O) groups is 1. The molecule has 0 unspecified atom stereocenters. The van der Waals surface area contributed by atoms with Gasteiger partial charge in [-0.05, 0) is 7.05 Å². The molecule has 0 bridgehead atoms. The lowest BCUT2D eigenvalue weighted by molar-refractivity contribution is -0.284. The van der Waals surface area contributed by atoms with E-state index in [1.165, 1.54) is 0 Å². The van der Waals surface area contributed by atoms with Crippen molar-refractivity contribution in [2.24, 2.45) is 5.92 Å². The summed E-state index contributed by atoms with van der Waals surface area (Å²) in [5, 5.41) is 37.5. The summed E-state index contributed by atoms with van der Waals surface area (Å²) in [5.74, 6) is -1.05. The van der Waals surface area contributed by atoms with Crippen molar-refractivity contribution in [2.75, 3.05) is 40.0 Å². The van der Waals surface area contributed by atoms with Crippen molar-refractivity contribution in [3.05, 3.63) is 0 Å². The van der Waals surface area contributed by atoms with Crippen LogP contribution in [0.3, 0.4) is 0 Å². The van der Waals surface area contributed by atoms with Gasteiger partial charge in [0.15, 0.2) is 6.29 Å². The van der Waals surface area contributed by atoms with E-state index in [0.29, 0.717) is 19.4 Å². The fourth-order valence-electron chi connectivity index (χ4n) is 2.02. The topological polar surface area (TPSA) is 120 Å². The number of aliphatic hydroxyl groups excluding tert-OH is 4. The van der Waals surface area contributed by atoms with Gasteiger partial charge in [0.25, 0.3) is 0 Å². The van der Waals surface area contributed by atoms with Gasteiger partial charge in [-0.1, -0.05) is 0 Å². The van der Waals surface area contributed by atoms with Crippen molar-refractivity contribution >= 4 is 6.29 Å². The van der Waals surface area contributed by atoms with Gasteiger partial charge in [0.1, 0.15) is 18.5 Å². The molecule has 0 saturated carbocycles. The number of hydrogen-bond acceptors (Lipinski definition) is 8. The van der Waals surface area contributed by atoms with E-state index in [4.69, 9.17) is 19.7 Å². The van der Waals surface area contributed by atoms with E-state index in [1.807, 2.05) is 4.90 Å². The lowest BCUT2D eigenvalue weighted by atomic mass is 9.90. The van der Waals surface area contributed by atoms with E-state index >= 15 is 0 Å². The summed E-state index contributed by atoms with van der Waals surface area (Å²) in [4.78, 5) is 12.7. The molecule has 8 nitrogen and oxygen atoms in total. The fourth-order valence-corrected chi connectivity index (χ4v) is 2.02. The Kier molecular flexibility index (Phi) is 7.52. The van der Waals surface area contributed by atoms with Crippen LogP contribution in [0, 0.1) is 5.92 Å². The Morgan fingerprint density at radius 3 is 2.50 bits per heavy atom. The zero-order valence-electron chi connectivity index (χ0n) is 11.5. The van der Waals surface area contributed by atoms with Crippen LogP contribution in [-0.2, 0) is 14.3 Å². The standard InChI is InChI=1S/C12H23NO7/c1-13(2-4-14)3-5-19-12-11(18)8(6-15)10(17)9(7-16)20-12/h6,8-12,14,16-18H,2-5,7H2,1H3/t8-,9+,10-,11-,12-/m0/s1. The lowest BCUT2D eigenvalue weighted by Crippen LogP contribution is -2.56. The highest BCUT2D eigenvalue weighted by Gasteiger charge is 2.44. The quantitative estimate of drug-likeness (QED) is 0.354. The third-order valence-corrected chi connectivity index (χ3v) is 3.33. The molecule has 1 fully saturated rings. The van der Waals surface area contributed by atoms with Gasteiger partial charge in [-0.2, -0.15) is 0 Å². The average molecular weight is 293 g/mol. The number of aliphatic hydroxyl groups is 4. The largest absolute Gasteiger partial charge is 0.395 e. The normalized spacial score (nSPS) is 34.4. The first-order valence-corrected chi connectivity index (χ1v) is 6.53. The molecule has 4 N–H and O–H groups in total. The fraction of sp³-hybridized carbons (Fsp3) is 0.917. The van der Waals surface area contributed by atoms with Gasteiger partial charge in [-0.3, -0.25) is 0 Å². The molecule has 0 radical (unpaired) electrons. The van der Waals surface area contributed by atoms with Crippen molar-refractivity contribution in [1.29, 1.82) is 0 Å². The number of hydrogen-bond donors (Lipinski definition) is 4. The summed E-state index contributed by atoms with van der Waals surface area (Å²) >= 11 is 0. The molecular weight excluding hydrogens is 270 g/mol. The van der Waals surface area contributed by atoms with Crippen LogP contribution in [0.15, 0.2) is 0 Å². The van der Waals surface area contributed by atoms with Crippen LogP contribution in [0.25, 0.3) is 0 Å². The molecule has 1 saturated heterocycles. The Balaban J connectivity index is 2.49. The van der Waals surface area contributed by atoms with Gasteiger partial charge >= 0.3 is 0 Å². The second kappa shape index (κ2) is 8.63. The Morgan fingerprint density at radius 2 is 1.95 bits per heavy atom. The molecule has 1 heterocycles. The highest BCUT2D eigenvalue weighted by Crippen LogP contribution is 2.25. The number of aldehydes is 1. The monoisotopic (exact) mass is 293 g/mol. The van der Waals surface area contributed by atoms with E-state index < -0.39 is 37.1 Å². The molecule has 1 aliphatic rings. The molecule has 0 aromatic heterocycles. The third kappa shape index (κ3) is 4.45. The van der Waals surface area contributed by atoms with E-state index in [9.17, 15) is 15.0 Å². The van der Waals surface area contributed by atoms with Gasteiger partial charge in [0.2, 0.25) is 0 Å². The molecule has 0 aliphatic carbocycles. The molecule has 0 spiro atoms. The maximum Gasteiger partial charge on any atom is 0.184 e. The van der Waals surface area contributed by atoms with Crippen LogP contribution >= 0.6 is 0 Å². The van der Waals surface area contributed by atoms with E-state index in [2.05, 4.69) is 0 Å². The molecule has 5 atom stereocenters. The molecule has 118 valence electrons. The van der Waals surface area contributed by atoms with Crippen molar-refractivity contribution in [3.63, 3.8) is 0 Å². The summed E-state index contributed by atoms with van der Waals surface area (Å²) in [7, 11) is 1.80. The molecule has 0 aromatic rings. The van der Waals surface area contributed by atoms with E-state index in [0.717, 1.165) is 0 Å². The van der Waals surface area contributed by atoms with Crippen LogP contribution < -0.4 is 0 Å². The van der Waals surface area contributed by atoms with Gasteiger partial charge in [-0.25, -0.2) is 0 Å². The minimum Gasteiger partial charge on any atom is -0.395 e. The SMILES string of the molecule is CN(CCO)CCO[C@H]1O[C@H](CO)[C@@H](O)[C@H](C=O)[C@@H]1O. The number of ether oxygens (including phenoxy) is 2. The Bertz CT molecular complexity index is 291.